The molecule has 0 unspecified atom stereocenters. The summed E-state index contributed by atoms with van der Waals surface area (Å²) in [5.41, 5.74) is 0.146. The maximum absolute atomic E-state index is 12.8. The fourth-order valence-electron chi connectivity index (χ4n) is 1.47. The van der Waals surface area contributed by atoms with Crippen LogP contribution in [0.5, 0.6) is 0 Å². The first-order chi connectivity index (χ1) is 8.45. The van der Waals surface area contributed by atoms with E-state index in [1.54, 1.807) is 12.1 Å². The van der Waals surface area contributed by atoms with Crippen LogP contribution in [-0.2, 0) is 12.1 Å². The molecule has 2 rings (SSSR count). The van der Waals surface area contributed by atoms with Crippen molar-refractivity contribution in [2.75, 3.05) is 0 Å². The maximum atomic E-state index is 12.8. The molecule has 1 aromatic heterocycles. The first kappa shape index (κ1) is 13.2. The molecular formula is C10H6Cl2F3N3. The molecule has 0 N–H and O–H groups in total. The molecule has 1 aromatic carbocycles. The normalized spacial score (nSPS) is 11.8. The molecule has 96 valence electrons. The Morgan fingerprint density at radius 1 is 1.17 bits per heavy atom. The molecule has 2 aromatic rings. The van der Waals surface area contributed by atoms with Crippen molar-refractivity contribution in [3.63, 3.8) is 0 Å². The van der Waals surface area contributed by atoms with E-state index in [0.29, 0.717) is 0 Å². The van der Waals surface area contributed by atoms with Crippen molar-refractivity contribution < 1.29 is 13.2 Å². The number of hydrogen-bond acceptors (Lipinski definition) is 2. The number of alkyl halides is 4. The van der Waals surface area contributed by atoms with E-state index in [1.165, 1.54) is 12.1 Å². The predicted molar refractivity (Wildman–Crippen MR) is 60.9 cm³/mol. The Morgan fingerprint density at radius 2 is 1.83 bits per heavy atom. The standard InChI is InChI=1S/C10H6Cl2F3N3/c11-5-8-16-17-9(10(13,14)15)18(8)7-4-2-1-3-6(7)12/h1-4H,5H2. The lowest BCUT2D eigenvalue weighted by Crippen LogP contribution is -2.15. The van der Waals surface area contributed by atoms with Crippen molar-refractivity contribution >= 4 is 23.2 Å². The van der Waals surface area contributed by atoms with Crippen molar-refractivity contribution in [2.24, 2.45) is 0 Å². The smallest absolute Gasteiger partial charge is 0.273 e. The Morgan fingerprint density at radius 3 is 2.39 bits per heavy atom. The highest BCUT2D eigenvalue weighted by molar-refractivity contribution is 6.32. The molecule has 3 nitrogen and oxygen atoms in total. The monoisotopic (exact) mass is 295 g/mol. The molecular weight excluding hydrogens is 290 g/mol. The minimum atomic E-state index is -4.63. The Bertz CT molecular complexity index is 566. The third-order valence-electron chi connectivity index (χ3n) is 2.20. The van der Waals surface area contributed by atoms with Gasteiger partial charge in [0.25, 0.3) is 0 Å². The van der Waals surface area contributed by atoms with E-state index in [9.17, 15) is 13.2 Å². The minimum Gasteiger partial charge on any atom is -0.273 e. The second-order valence-corrected chi connectivity index (χ2v) is 4.03. The molecule has 0 amide bonds. The average molecular weight is 296 g/mol. The molecule has 0 aliphatic carbocycles. The summed E-state index contributed by atoms with van der Waals surface area (Å²) in [5, 5.41) is 6.70. The molecule has 0 aliphatic rings. The van der Waals surface area contributed by atoms with E-state index < -0.39 is 12.0 Å². The summed E-state index contributed by atoms with van der Waals surface area (Å²) in [5.74, 6) is -1.36. The topological polar surface area (TPSA) is 30.7 Å². The van der Waals surface area contributed by atoms with Crippen molar-refractivity contribution in [3.8, 4) is 5.69 Å². The molecule has 0 saturated carbocycles. The zero-order valence-corrected chi connectivity index (χ0v) is 10.3. The van der Waals surface area contributed by atoms with Gasteiger partial charge in [-0.3, -0.25) is 4.57 Å². The Labute approximate surface area is 110 Å². The molecule has 0 fully saturated rings. The van der Waals surface area contributed by atoms with E-state index in [2.05, 4.69) is 10.2 Å². The van der Waals surface area contributed by atoms with Crippen molar-refractivity contribution in [1.82, 2.24) is 14.8 Å². The lowest BCUT2D eigenvalue weighted by molar-refractivity contribution is -0.146. The van der Waals surface area contributed by atoms with Crippen molar-refractivity contribution in [2.45, 2.75) is 12.1 Å². The van der Waals surface area contributed by atoms with E-state index in [0.717, 1.165) is 4.57 Å². The Hall–Kier alpha value is -1.27. The van der Waals surface area contributed by atoms with Crippen LogP contribution in [0, 0.1) is 0 Å². The van der Waals surface area contributed by atoms with Gasteiger partial charge in [-0.25, -0.2) is 0 Å². The molecule has 0 radical (unpaired) electrons. The van der Waals surface area contributed by atoms with Gasteiger partial charge in [0.05, 0.1) is 16.6 Å². The van der Waals surface area contributed by atoms with Gasteiger partial charge in [-0.2, -0.15) is 13.2 Å². The zero-order chi connectivity index (χ0) is 13.3. The van der Waals surface area contributed by atoms with Crippen LogP contribution in [0.4, 0.5) is 13.2 Å². The van der Waals surface area contributed by atoms with Crippen LogP contribution in [0.15, 0.2) is 24.3 Å². The van der Waals surface area contributed by atoms with Gasteiger partial charge < -0.3 is 0 Å². The van der Waals surface area contributed by atoms with Crippen LogP contribution in [0.1, 0.15) is 11.6 Å². The summed E-state index contributed by atoms with van der Waals surface area (Å²) in [6, 6.07) is 6.11. The summed E-state index contributed by atoms with van der Waals surface area (Å²) in [4.78, 5) is 0. The predicted octanol–water partition coefficient (Wildman–Crippen LogP) is 3.68. The van der Waals surface area contributed by atoms with Gasteiger partial charge >= 0.3 is 6.18 Å². The number of nitrogens with zero attached hydrogens (tertiary/aromatic N) is 3. The van der Waals surface area contributed by atoms with Crippen LogP contribution in [0.3, 0.4) is 0 Å². The molecule has 8 heteroatoms. The molecule has 1 heterocycles. The van der Waals surface area contributed by atoms with Crippen LogP contribution < -0.4 is 0 Å². The SMILES string of the molecule is FC(F)(F)c1nnc(CCl)n1-c1ccccc1Cl. The first-order valence-electron chi connectivity index (χ1n) is 4.77. The maximum Gasteiger partial charge on any atom is 0.452 e. The highest BCUT2D eigenvalue weighted by Gasteiger charge is 2.39. The highest BCUT2D eigenvalue weighted by atomic mass is 35.5. The number of benzene rings is 1. The molecule has 0 bridgehead atoms. The van der Waals surface area contributed by atoms with Crippen LogP contribution in [-0.4, -0.2) is 14.8 Å². The number of halogens is 5. The number of para-hydroxylation sites is 1. The second-order valence-electron chi connectivity index (χ2n) is 3.36. The van der Waals surface area contributed by atoms with Gasteiger partial charge in [-0.1, -0.05) is 23.7 Å². The number of rotatable bonds is 2. The third-order valence-corrected chi connectivity index (χ3v) is 2.76. The van der Waals surface area contributed by atoms with E-state index in [1.807, 2.05) is 0 Å². The van der Waals surface area contributed by atoms with Crippen molar-refractivity contribution in [3.05, 3.63) is 40.9 Å². The summed E-state index contributed by atoms with van der Waals surface area (Å²) < 4.78 is 39.2. The Balaban J connectivity index is 2.69. The van der Waals surface area contributed by atoms with Gasteiger partial charge in [0.2, 0.25) is 5.82 Å². The van der Waals surface area contributed by atoms with Crippen LogP contribution in [0.2, 0.25) is 5.02 Å². The van der Waals surface area contributed by atoms with Crippen molar-refractivity contribution in [1.29, 1.82) is 0 Å². The first-order valence-corrected chi connectivity index (χ1v) is 5.68. The van der Waals surface area contributed by atoms with Crippen LogP contribution >= 0.6 is 23.2 Å². The average Bonchev–Trinajstić information content (AvgIpc) is 2.72. The molecule has 18 heavy (non-hydrogen) atoms. The zero-order valence-electron chi connectivity index (χ0n) is 8.75. The lowest BCUT2D eigenvalue weighted by Gasteiger charge is -2.12. The summed E-state index contributed by atoms with van der Waals surface area (Å²) >= 11 is 11.4. The lowest BCUT2D eigenvalue weighted by atomic mass is 10.3. The quantitative estimate of drug-likeness (QED) is 0.791. The van der Waals surface area contributed by atoms with Gasteiger partial charge in [-0.15, -0.1) is 21.8 Å². The fourth-order valence-corrected chi connectivity index (χ4v) is 1.87. The van der Waals surface area contributed by atoms with Gasteiger partial charge in [-0.05, 0) is 12.1 Å². The minimum absolute atomic E-state index is 0.0166. The van der Waals surface area contributed by atoms with Gasteiger partial charge in [0.15, 0.2) is 5.82 Å². The Kier molecular flexibility index (Phi) is 3.49. The summed E-state index contributed by atoms with van der Waals surface area (Å²) in [6.45, 7) is 0. The molecule has 0 saturated heterocycles. The number of hydrogen-bond donors (Lipinski definition) is 0. The highest BCUT2D eigenvalue weighted by Crippen LogP contribution is 2.32. The molecule has 0 spiro atoms. The summed E-state index contributed by atoms with van der Waals surface area (Å²) in [6.07, 6.45) is -4.63. The third kappa shape index (κ3) is 2.30. The van der Waals surface area contributed by atoms with E-state index in [4.69, 9.17) is 23.2 Å². The number of aromatic nitrogens is 3. The van der Waals surface area contributed by atoms with Gasteiger partial charge in [0.1, 0.15) is 0 Å². The largest absolute Gasteiger partial charge is 0.452 e. The molecule has 0 aliphatic heterocycles. The van der Waals surface area contributed by atoms with E-state index in [-0.39, 0.29) is 22.4 Å². The second kappa shape index (κ2) is 4.78. The van der Waals surface area contributed by atoms with Crippen LogP contribution in [0.25, 0.3) is 5.69 Å². The summed E-state index contributed by atoms with van der Waals surface area (Å²) in [7, 11) is 0. The fraction of sp³-hybridized carbons (Fsp3) is 0.200. The molecule has 0 atom stereocenters. The van der Waals surface area contributed by atoms with Gasteiger partial charge in [0, 0.05) is 0 Å². The van der Waals surface area contributed by atoms with E-state index >= 15 is 0 Å².